The summed E-state index contributed by atoms with van der Waals surface area (Å²) >= 11 is 0. The van der Waals surface area contributed by atoms with Crippen LogP contribution in [-0.4, -0.2) is 50.9 Å². The predicted octanol–water partition coefficient (Wildman–Crippen LogP) is -0.949. The summed E-state index contributed by atoms with van der Waals surface area (Å²) in [6, 6.07) is 0. The lowest BCUT2D eigenvalue weighted by molar-refractivity contribution is 0.551. The van der Waals surface area contributed by atoms with Crippen LogP contribution in [0.5, 0.6) is 0 Å². The van der Waals surface area contributed by atoms with Crippen LogP contribution < -0.4 is 5.73 Å². The highest BCUT2D eigenvalue weighted by Gasteiger charge is 2.25. The summed E-state index contributed by atoms with van der Waals surface area (Å²) in [5.41, 5.74) is 5.25. The summed E-state index contributed by atoms with van der Waals surface area (Å²) in [4.78, 5) is 5.63. The van der Waals surface area contributed by atoms with Crippen LogP contribution in [-0.2, 0) is 9.84 Å². The molecule has 0 unspecified atom stereocenters. The average molecular weight is 205 g/mol. The van der Waals surface area contributed by atoms with Gasteiger partial charge in [-0.05, 0) is 13.0 Å². The Balaban J connectivity index is 2.69. The van der Waals surface area contributed by atoms with Crippen molar-refractivity contribution in [1.82, 2.24) is 4.90 Å². The number of aliphatic imine (C=N–C) groups is 1. The second-order valence-corrected chi connectivity index (χ2v) is 5.05. The van der Waals surface area contributed by atoms with E-state index in [9.17, 15) is 8.42 Å². The summed E-state index contributed by atoms with van der Waals surface area (Å²) in [6.07, 6.45) is 0.495. The highest BCUT2D eigenvalue weighted by Crippen LogP contribution is 2.06. The SMILES string of the molecule is CN1CCN=C1S(=O)(=O)CCCN. The van der Waals surface area contributed by atoms with Gasteiger partial charge in [-0.15, -0.1) is 0 Å². The molecule has 6 heteroatoms. The lowest BCUT2D eigenvalue weighted by Crippen LogP contribution is -2.32. The molecule has 0 saturated carbocycles. The van der Waals surface area contributed by atoms with Crippen LogP contribution in [0.4, 0.5) is 0 Å². The van der Waals surface area contributed by atoms with Crippen molar-refractivity contribution in [1.29, 1.82) is 0 Å². The van der Waals surface area contributed by atoms with Gasteiger partial charge in [0.25, 0.3) is 0 Å². The molecule has 0 radical (unpaired) electrons. The van der Waals surface area contributed by atoms with Crippen molar-refractivity contribution in [2.24, 2.45) is 10.7 Å². The van der Waals surface area contributed by atoms with E-state index in [-0.39, 0.29) is 10.9 Å². The maximum absolute atomic E-state index is 11.6. The number of sulfone groups is 1. The Hall–Kier alpha value is -0.620. The standard InChI is InChI=1S/C7H15N3O2S/c1-10-5-4-9-7(10)13(11,12)6-2-3-8/h2-6,8H2,1H3. The van der Waals surface area contributed by atoms with Crippen molar-refractivity contribution in [3.63, 3.8) is 0 Å². The Morgan fingerprint density at radius 3 is 2.77 bits per heavy atom. The molecular weight excluding hydrogens is 190 g/mol. The molecule has 1 rings (SSSR count). The van der Waals surface area contributed by atoms with E-state index in [1.54, 1.807) is 11.9 Å². The van der Waals surface area contributed by atoms with Gasteiger partial charge in [0.15, 0.2) is 0 Å². The molecule has 76 valence electrons. The van der Waals surface area contributed by atoms with Crippen molar-refractivity contribution in [3.05, 3.63) is 0 Å². The Morgan fingerprint density at radius 1 is 1.62 bits per heavy atom. The number of nitrogens with two attached hydrogens (primary N) is 1. The molecule has 1 heterocycles. The van der Waals surface area contributed by atoms with E-state index in [1.165, 1.54) is 0 Å². The first-order chi connectivity index (χ1) is 6.08. The van der Waals surface area contributed by atoms with E-state index in [4.69, 9.17) is 5.73 Å². The Labute approximate surface area is 78.5 Å². The Bertz CT molecular complexity index is 297. The smallest absolute Gasteiger partial charge is 0.218 e. The largest absolute Gasteiger partial charge is 0.349 e. The monoisotopic (exact) mass is 205 g/mol. The maximum atomic E-state index is 11.6. The van der Waals surface area contributed by atoms with Crippen LogP contribution in [0.1, 0.15) is 6.42 Å². The van der Waals surface area contributed by atoms with Crippen LogP contribution in [0, 0.1) is 0 Å². The fourth-order valence-corrected chi connectivity index (χ4v) is 2.80. The van der Waals surface area contributed by atoms with E-state index >= 15 is 0 Å². The molecule has 2 N–H and O–H groups in total. The normalized spacial score (nSPS) is 17.7. The molecule has 1 aliphatic rings. The van der Waals surface area contributed by atoms with Gasteiger partial charge in [0, 0.05) is 13.6 Å². The quantitative estimate of drug-likeness (QED) is 0.644. The average Bonchev–Trinajstić information content (AvgIpc) is 2.48. The van der Waals surface area contributed by atoms with Gasteiger partial charge in [0.05, 0.1) is 12.3 Å². The van der Waals surface area contributed by atoms with Gasteiger partial charge in [0.2, 0.25) is 15.0 Å². The Morgan fingerprint density at radius 2 is 2.31 bits per heavy atom. The van der Waals surface area contributed by atoms with Crippen molar-refractivity contribution < 1.29 is 8.42 Å². The highest BCUT2D eigenvalue weighted by atomic mass is 32.2. The number of nitrogens with zero attached hydrogens (tertiary/aromatic N) is 2. The summed E-state index contributed by atoms with van der Waals surface area (Å²) < 4.78 is 23.1. The molecule has 0 aromatic rings. The fraction of sp³-hybridized carbons (Fsp3) is 0.857. The third-order valence-electron chi connectivity index (χ3n) is 1.90. The van der Waals surface area contributed by atoms with Gasteiger partial charge in [-0.1, -0.05) is 0 Å². The van der Waals surface area contributed by atoms with Crippen LogP contribution in [0.15, 0.2) is 4.99 Å². The highest BCUT2D eigenvalue weighted by molar-refractivity contribution is 8.06. The number of hydrogen-bond acceptors (Lipinski definition) is 5. The second-order valence-electron chi connectivity index (χ2n) is 3.05. The zero-order valence-corrected chi connectivity index (χ0v) is 8.55. The van der Waals surface area contributed by atoms with E-state index in [0.29, 0.717) is 26.1 Å². The molecule has 0 bridgehead atoms. The van der Waals surface area contributed by atoms with Crippen LogP contribution in [0.2, 0.25) is 0 Å². The van der Waals surface area contributed by atoms with Crippen LogP contribution in [0.25, 0.3) is 0 Å². The lowest BCUT2D eigenvalue weighted by atomic mass is 10.5. The summed E-state index contributed by atoms with van der Waals surface area (Å²) in [7, 11) is -1.43. The van der Waals surface area contributed by atoms with Gasteiger partial charge in [0.1, 0.15) is 0 Å². The van der Waals surface area contributed by atoms with Crippen molar-refractivity contribution in [2.75, 3.05) is 32.4 Å². The van der Waals surface area contributed by atoms with E-state index in [0.717, 1.165) is 0 Å². The summed E-state index contributed by atoms with van der Waals surface area (Å²) in [6.45, 7) is 1.67. The molecule has 13 heavy (non-hydrogen) atoms. The third-order valence-corrected chi connectivity index (χ3v) is 3.73. The second kappa shape index (κ2) is 4.06. The summed E-state index contributed by atoms with van der Waals surface area (Å²) in [5, 5.41) is 0.223. The van der Waals surface area contributed by atoms with Gasteiger partial charge >= 0.3 is 0 Å². The minimum Gasteiger partial charge on any atom is -0.349 e. The van der Waals surface area contributed by atoms with Gasteiger partial charge < -0.3 is 10.6 Å². The molecule has 1 aliphatic heterocycles. The van der Waals surface area contributed by atoms with Crippen LogP contribution >= 0.6 is 0 Å². The molecule has 0 spiro atoms. The molecule has 0 saturated heterocycles. The first kappa shape index (κ1) is 10.5. The molecule has 5 nitrogen and oxygen atoms in total. The van der Waals surface area contributed by atoms with Gasteiger partial charge in [-0.3, -0.25) is 4.99 Å². The predicted molar refractivity (Wildman–Crippen MR) is 52.4 cm³/mol. The number of likely N-dealkylation sites (N-methyl/N-ethyl adjacent to an activating group) is 1. The van der Waals surface area contributed by atoms with E-state index in [2.05, 4.69) is 4.99 Å². The first-order valence-electron chi connectivity index (χ1n) is 4.26. The third kappa shape index (κ3) is 2.41. The number of amidine groups is 1. The minimum absolute atomic E-state index is 0.104. The first-order valence-corrected chi connectivity index (χ1v) is 5.91. The lowest BCUT2D eigenvalue weighted by Gasteiger charge is -2.13. The Kier molecular flexibility index (Phi) is 3.27. The van der Waals surface area contributed by atoms with Crippen molar-refractivity contribution >= 4 is 15.0 Å². The zero-order valence-electron chi connectivity index (χ0n) is 7.73. The zero-order chi connectivity index (χ0) is 9.90. The molecular formula is C7H15N3O2S. The molecule has 0 fully saturated rings. The van der Waals surface area contributed by atoms with E-state index in [1.807, 2.05) is 0 Å². The van der Waals surface area contributed by atoms with E-state index < -0.39 is 9.84 Å². The number of rotatable bonds is 3. The van der Waals surface area contributed by atoms with Crippen molar-refractivity contribution in [2.45, 2.75) is 6.42 Å². The molecule has 0 aromatic heterocycles. The summed E-state index contributed by atoms with van der Waals surface area (Å²) in [5.74, 6) is 0.104. The topological polar surface area (TPSA) is 75.8 Å². The molecule has 0 aromatic carbocycles. The molecule has 0 amide bonds. The maximum Gasteiger partial charge on any atom is 0.218 e. The fourth-order valence-electron chi connectivity index (χ4n) is 1.21. The molecule has 0 aliphatic carbocycles. The van der Waals surface area contributed by atoms with Gasteiger partial charge in [-0.2, -0.15) is 0 Å². The van der Waals surface area contributed by atoms with Crippen molar-refractivity contribution in [3.8, 4) is 0 Å². The van der Waals surface area contributed by atoms with Gasteiger partial charge in [-0.25, -0.2) is 8.42 Å². The van der Waals surface area contributed by atoms with Crippen LogP contribution in [0.3, 0.4) is 0 Å². The minimum atomic E-state index is -3.18. The number of hydrogen-bond donors (Lipinski definition) is 1. The molecule has 0 atom stereocenters.